The molecule has 27 heavy (non-hydrogen) atoms. The van der Waals surface area contributed by atoms with E-state index in [0.29, 0.717) is 5.56 Å². The Morgan fingerprint density at radius 1 is 1.11 bits per heavy atom. The molecule has 0 spiro atoms. The molecule has 1 N–H and O–H groups in total. The number of carbonyl (C=O) groups is 2. The van der Waals surface area contributed by atoms with Gasteiger partial charge in [0.15, 0.2) is 6.61 Å². The summed E-state index contributed by atoms with van der Waals surface area (Å²) in [7, 11) is 1.84. The molecule has 0 bridgehead atoms. The molecule has 3 rings (SSSR count). The summed E-state index contributed by atoms with van der Waals surface area (Å²) in [6, 6.07) is 8.06. The van der Waals surface area contributed by atoms with Crippen molar-refractivity contribution in [2.75, 3.05) is 6.61 Å². The number of hydrogen-bond acceptors (Lipinski definition) is 5. The van der Waals surface area contributed by atoms with Crippen LogP contribution in [0.4, 0.5) is 0 Å². The van der Waals surface area contributed by atoms with Gasteiger partial charge in [0.2, 0.25) is 5.78 Å². The highest BCUT2D eigenvalue weighted by atomic mass is 16.5. The number of aromatic amines is 1. The Hall–Kier alpha value is -3.42. The summed E-state index contributed by atoms with van der Waals surface area (Å²) in [5.74, 6) is -1.12. The molecule has 0 aliphatic carbocycles. The molecule has 0 aliphatic heterocycles. The maximum Gasteiger partial charge on any atom is 0.328 e. The number of hydrogen-bond donors (Lipinski definition) is 1. The number of ketones is 1. The number of Topliss-reactive ketones (excluding diaryl/α,β-unsaturated/α-hetero) is 1. The molecule has 2 heterocycles. The smallest absolute Gasteiger partial charge is 0.328 e. The van der Waals surface area contributed by atoms with Crippen LogP contribution in [-0.4, -0.2) is 32.7 Å². The van der Waals surface area contributed by atoms with Crippen LogP contribution in [0.25, 0.3) is 10.8 Å². The fourth-order valence-corrected chi connectivity index (χ4v) is 2.89. The number of fused-ring (bicyclic) bond motifs is 1. The number of nitrogens with one attached hydrogen (secondary N) is 1. The van der Waals surface area contributed by atoms with Gasteiger partial charge in [-0.05, 0) is 32.0 Å². The minimum Gasteiger partial charge on any atom is -0.456 e. The predicted molar refractivity (Wildman–Crippen MR) is 99.0 cm³/mol. The fraction of sp³-hybridized carbons (Fsp3) is 0.263. The van der Waals surface area contributed by atoms with Gasteiger partial charge < -0.3 is 9.30 Å². The van der Waals surface area contributed by atoms with Crippen LogP contribution in [0.3, 0.4) is 0 Å². The standard InChI is InChI=1S/C19H19N3O5/c1-11-8-15(12(2)21(11)3)16(23)10-27-17(24)9-22-19(26)14-7-5-4-6-13(14)18(25)20-22/h4-8H,9-10H2,1-3H3,(H,20,25). The highest BCUT2D eigenvalue weighted by Crippen LogP contribution is 2.14. The molecule has 140 valence electrons. The van der Waals surface area contributed by atoms with Crippen LogP contribution in [0.2, 0.25) is 0 Å². The Kier molecular flexibility index (Phi) is 4.81. The maximum atomic E-state index is 12.4. The minimum atomic E-state index is -0.790. The predicted octanol–water partition coefficient (Wildman–Crippen LogP) is 1.07. The van der Waals surface area contributed by atoms with Gasteiger partial charge >= 0.3 is 5.97 Å². The van der Waals surface area contributed by atoms with Crippen molar-refractivity contribution in [1.29, 1.82) is 0 Å². The molecule has 0 saturated heterocycles. The Balaban J connectivity index is 1.73. The second kappa shape index (κ2) is 7.06. The zero-order valence-corrected chi connectivity index (χ0v) is 15.2. The Morgan fingerprint density at radius 2 is 1.78 bits per heavy atom. The summed E-state index contributed by atoms with van der Waals surface area (Å²) in [6.45, 7) is 2.76. The molecule has 0 unspecified atom stereocenters. The molecule has 0 fully saturated rings. The van der Waals surface area contributed by atoms with Crippen molar-refractivity contribution in [2.24, 2.45) is 7.05 Å². The molecule has 0 saturated carbocycles. The van der Waals surface area contributed by atoms with Crippen LogP contribution in [0, 0.1) is 13.8 Å². The number of aromatic nitrogens is 3. The molecule has 2 aromatic heterocycles. The summed E-state index contributed by atoms with van der Waals surface area (Å²) in [4.78, 5) is 48.7. The average Bonchev–Trinajstić information content (AvgIpc) is 2.91. The average molecular weight is 369 g/mol. The lowest BCUT2D eigenvalue weighted by Crippen LogP contribution is -2.33. The van der Waals surface area contributed by atoms with Crippen molar-refractivity contribution < 1.29 is 14.3 Å². The normalized spacial score (nSPS) is 10.9. The van der Waals surface area contributed by atoms with Gasteiger partial charge in [-0.25, -0.2) is 4.68 Å². The van der Waals surface area contributed by atoms with Crippen molar-refractivity contribution in [3.05, 3.63) is 68.0 Å². The topological polar surface area (TPSA) is 103 Å². The van der Waals surface area contributed by atoms with Gasteiger partial charge in [-0.2, -0.15) is 0 Å². The molecule has 8 nitrogen and oxygen atoms in total. The molecular weight excluding hydrogens is 350 g/mol. The Bertz CT molecular complexity index is 1170. The molecule has 0 atom stereocenters. The first-order chi connectivity index (χ1) is 12.8. The molecule has 8 heteroatoms. The zero-order chi connectivity index (χ0) is 19.7. The van der Waals surface area contributed by atoms with Gasteiger partial charge in [0.25, 0.3) is 11.1 Å². The molecule has 0 aliphatic rings. The summed E-state index contributed by atoms with van der Waals surface area (Å²) in [5, 5.41) is 2.80. The SMILES string of the molecule is Cc1cc(C(=O)COC(=O)Cn2[nH]c(=O)c3ccccc3c2=O)c(C)n1C. The second-order valence-electron chi connectivity index (χ2n) is 6.31. The third-order valence-corrected chi connectivity index (χ3v) is 4.61. The second-order valence-corrected chi connectivity index (χ2v) is 6.31. The number of aryl methyl sites for hydroxylation is 1. The van der Waals surface area contributed by atoms with Crippen LogP contribution in [0.15, 0.2) is 39.9 Å². The van der Waals surface area contributed by atoms with Gasteiger partial charge in [-0.15, -0.1) is 0 Å². The van der Waals surface area contributed by atoms with E-state index >= 15 is 0 Å². The minimum absolute atomic E-state index is 0.209. The van der Waals surface area contributed by atoms with Gasteiger partial charge in [0.05, 0.1) is 10.8 Å². The molecule has 3 aromatic rings. The Morgan fingerprint density at radius 3 is 2.41 bits per heavy atom. The largest absolute Gasteiger partial charge is 0.456 e. The number of H-pyrrole nitrogens is 1. The van der Waals surface area contributed by atoms with E-state index in [-0.39, 0.29) is 16.6 Å². The molecule has 0 amide bonds. The van der Waals surface area contributed by atoms with E-state index in [9.17, 15) is 19.2 Å². The van der Waals surface area contributed by atoms with Crippen LogP contribution >= 0.6 is 0 Å². The van der Waals surface area contributed by atoms with E-state index in [1.54, 1.807) is 25.1 Å². The van der Waals surface area contributed by atoms with Gasteiger partial charge in [0.1, 0.15) is 6.54 Å². The quantitative estimate of drug-likeness (QED) is 0.535. The van der Waals surface area contributed by atoms with Gasteiger partial charge in [0, 0.05) is 24.0 Å². The van der Waals surface area contributed by atoms with Gasteiger partial charge in [-0.3, -0.25) is 24.3 Å². The maximum absolute atomic E-state index is 12.4. The molecule has 0 radical (unpaired) electrons. The number of rotatable bonds is 5. The Labute approximate surface area is 154 Å². The van der Waals surface area contributed by atoms with E-state index < -0.39 is 30.2 Å². The van der Waals surface area contributed by atoms with E-state index in [1.165, 1.54) is 12.1 Å². The molecular formula is C19H19N3O5. The number of ether oxygens (including phenoxy) is 1. The van der Waals surface area contributed by atoms with Crippen molar-refractivity contribution in [1.82, 2.24) is 14.3 Å². The summed E-state index contributed by atoms with van der Waals surface area (Å²) in [5.41, 5.74) is 1.19. The first-order valence-corrected chi connectivity index (χ1v) is 8.33. The summed E-state index contributed by atoms with van der Waals surface area (Å²) in [6.07, 6.45) is 0. The van der Waals surface area contributed by atoms with E-state index in [0.717, 1.165) is 16.1 Å². The third kappa shape index (κ3) is 3.46. The highest BCUT2D eigenvalue weighted by Gasteiger charge is 2.17. The summed E-state index contributed by atoms with van der Waals surface area (Å²) < 4.78 is 7.75. The number of carbonyl (C=O) groups excluding carboxylic acids is 2. The van der Waals surface area contributed by atoms with Crippen molar-refractivity contribution in [2.45, 2.75) is 20.4 Å². The molecule has 1 aromatic carbocycles. The fourth-order valence-electron chi connectivity index (χ4n) is 2.89. The first-order valence-electron chi connectivity index (χ1n) is 8.33. The summed E-state index contributed by atoms with van der Waals surface area (Å²) >= 11 is 0. The van der Waals surface area contributed by atoms with Gasteiger partial charge in [-0.1, -0.05) is 12.1 Å². The van der Waals surface area contributed by atoms with Crippen molar-refractivity contribution >= 4 is 22.5 Å². The van der Waals surface area contributed by atoms with E-state index in [2.05, 4.69) is 5.10 Å². The zero-order valence-electron chi connectivity index (χ0n) is 15.2. The van der Waals surface area contributed by atoms with Crippen LogP contribution in [-0.2, 0) is 23.1 Å². The van der Waals surface area contributed by atoms with E-state index in [1.807, 2.05) is 18.5 Å². The lowest BCUT2D eigenvalue weighted by atomic mass is 10.1. The monoisotopic (exact) mass is 369 g/mol. The highest BCUT2D eigenvalue weighted by molar-refractivity contribution is 5.99. The number of benzene rings is 1. The van der Waals surface area contributed by atoms with Crippen LogP contribution in [0.5, 0.6) is 0 Å². The van der Waals surface area contributed by atoms with Crippen LogP contribution in [0.1, 0.15) is 21.7 Å². The first kappa shape index (κ1) is 18.4. The lowest BCUT2D eigenvalue weighted by Gasteiger charge is -2.08. The van der Waals surface area contributed by atoms with Crippen molar-refractivity contribution in [3.8, 4) is 0 Å². The van der Waals surface area contributed by atoms with Crippen molar-refractivity contribution in [3.63, 3.8) is 0 Å². The lowest BCUT2D eigenvalue weighted by molar-refractivity contribution is -0.143. The van der Waals surface area contributed by atoms with E-state index in [4.69, 9.17) is 4.74 Å². The third-order valence-electron chi connectivity index (χ3n) is 4.61. The van der Waals surface area contributed by atoms with Crippen LogP contribution < -0.4 is 11.1 Å². The number of esters is 1. The number of nitrogens with zero attached hydrogens (tertiary/aromatic N) is 2.